The van der Waals surface area contributed by atoms with Crippen LogP contribution in [0, 0.1) is 0 Å². The molecule has 2 aromatic rings. The summed E-state index contributed by atoms with van der Waals surface area (Å²) in [6.45, 7) is 11.6. The molecule has 1 aromatic carbocycles. The molecule has 8 nitrogen and oxygen atoms in total. The monoisotopic (exact) mass is 513 g/mol. The molecular formula is C23H30F3N5O3S. The summed E-state index contributed by atoms with van der Waals surface area (Å²) < 4.78 is 41.7. The van der Waals surface area contributed by atoms with E-state index in [-0.39, 0.29) is 33.5 Å². The quantitative estimate of drug-likeness (QED) is 0.590. The van der Waals surface area contributed by atoms with Gasteiger partial charge in [-0.2, -0.15) is 28.7 Å². The van der Waals surface area contributed by atoms with Crippen molar-refractivity contribution in [1.29, 1.82) is 0 Å². The highest BCUT2D eigenvalue weighted by Gasteiger charge is 2.32. The van der Waals surface area contributed by atoms with Gasteiger partial charge in [0, 0.05) is 23.4 Å². The minimum Gasteiger partial charge on any atom is -0.407 e. The van der Waals surface area contributed by atoms with Crippen LogP contribution in [0.5, 0.6) is 5.75 Å². The Kier molecular flexibility index (Phi) is 7.47. The van der Waals surface area contributed by atoms with Crippen LogP contribution in [0.2, 0.25) is 0 Å². The molecule has 0 bridgehead atoms. The lowest BCUT2D eigenvalue weighted by Gasteiger charge is -2.21. The van der Waals surface area contributed by atoms with Gasteiger partial charge in [0.15, 0.2) is 5.75 Å². The van der Waals surface area contributed by atoms with Gasteiger partial charge in [-0.05, 0) is 45.4 Å². The first-order valence-electron chi connectivity index (χ1n) is 11.1. The molecule has 1 aliphatic rings. The normalized spacial score (nSPS) is 17.6. The maximum Gasteiger partial charge on any atom is 0.416 e. The van der Waals surface area contributed by atoms with Crippen LogP contribution in [-0.4, -0.2) is 33.2 Å². The summed E-state index contributed by atoms with van der Waals surface area (Å²) in [5.41, 5.74) is 0.533. The Morgan fingerprint density at radius 3 is 2.49 bits per heavy atom. The lowest BCUT2D eigenvalue weighted by molar-refractivity contribution is -0.137. The minimum atomic E-state index is -4.64. The van der Waals surface area contributed by atoms with Crippen LogP contribution in [0.3, 0.4) is 0 Å². The number of nitrogens with one attached hydrogen (secondary N) is 2. The first-order valence-corrected chi connectivity index (χ1v) is 12.0. The molecule has 0 saturated carbocycles. The SMILES string of the molecule is CC(C)(C)NOc1ccc(C(F)(F)F)cc1C(=O)N=c1sc(C(C)(C)C)nn1C[C@@H]1CCC(=O)N1. The summed E-state index contributed by atoms with van der Waals surface area (Å²) in [6.07, 6.45) is -3.63. The van der Waals surface area contributed by atoms with Gasteiger partial charge in [-0.3, -0.25) is 9.59 Å². The maximum atomic E-state index is 13.4. The maximum absolute atomic E-state index is 13.4. The first-order chi connectivity index (χ1) is 16.0. The Hall–Kier alpha value is -2.73. The van der Waals surface area contributed by atoms with Crippen LogP contribution in [0.15, 0.2) is 23.2 Å². The van der Waals surface area contributed by atoms with Gasteiger partial charge >= 0.3 is 6.18 Å². The van der Waals surface area contributed by atoms with Crippen molar-refractivity contribution < 1.29 is 27.6 Å². The molecule has 2 amide bonds. The molecule has 2 N–H and O–H groups in total. The number of benzene rings is 1. The lowest BCUT2D eigenvalue weighted by Crippen LogP contribution is -2.38. The smallest absolute Gasteiger partial charge is 0.407 e. The van der Waals surface area contributed by atoms with Gasteiger partial charge in [0.25, 0.3) is 5.91 Å². The van der Waals surface area contributed by atoms with Gasteiger partial charge in [-0.1, -0.05) is 32.1 Å². The molecule has 0 radical (unpaired) electrons. The Morgan fingerprint density at radius 1 is 1.26 bits per heavy atom. The number of hydrogen-bond donors (Lipinski definition) is 2. The van der Waals surface area contributed by atoms with Gasteiger partial charge in [0.1, 0.15) is 5.01 Å². The van der Waals surface area contributed by atoms with Crippen molar-refractivity contribution in [2.24, 2.45) is 4.99 Å². The number of carbonyl (C=O) groups excluding carboxylic acids is 2. The van der Waals surface area contributed by atoms with Gasteiger partial charge in [0.05, 0.1) is 17.7 Å². The number of rotatable bonds is 5. The molecule has 12 heteroatoms. The van der Waals surface area contributed by atoms with Gasteiger partial charge in [-0.15, -0.1) is 0 Å². The van der Waals surface area contributed by atoms with E-state index in [9.17, 15) is 22.8 Å². The van der Waals surface area contributed by atoms with Crippen LogP contribution in [0.4, 0.5) is 13.2 Å². The molecule has 1 aromatic heterocycles. The number of amides is 2. The number of nitrogens with zero attached hydrogens (tertiary/aromatic N) is 3. The van der Waals surface area contributed by atoms with E-state index < -0.39 is 23.2 Å². The summed E-state index contributed by atoms with van der Waals surface area (Å²) in [4.78, 5) is 34.7. The molecular weight excluding hydrogens is 483 g/mol. The average molecular weight is 514 g/mol. The fraction of sp³-hybridized carbons (Fsp3) is 0.565. The Balaban J connectivity index is 2.05. The molecule has 1 fully saturated rings. The first kappa shape index (κ1) is 26.9. The second-order valence-electron chi connectivity index (χ2n) is 10.5. The summed E-state index contributed by atoms with van der Waals surface area (Å²) in [5.74, 6) is -1.03. The number of halogens is 3. The standard InChI is InChI=1S/C23H30F3N5O3S/c1-21(2,3)19-29-31(12-14-8-10-17(32)27-14)20(35-19)28-18(33)15-11-13(23(24,25)26)7-9-16(15)34-30-22(4,5)6/h7,9,11,14,30H,8,10,12H2,1-6H3,(H,27,32)/t14-/m0/s1. The van der Waals surface area contributed by atoms with E-state index in [2.05, 4.69) is 20.9 Å². The third-order valence-corrected chi connectivity index (χ3v) is 6.31. The lowest BCUT2D eigenvalue weighted by atomic mass is 9.98. The number of alkyl halides is 3. The number of hydroxylamine groups is 1. The molecule has 1 aliphatic heterocycles. The third-order valence-electron chi connectivity index (χ3n) is 4.94. The van der Waals surface area contributed by atoms with Crippen molar-refractivity contribution in [3.63, 3.8) is 0 Å². The molecule has 3 rings (SSSR count). The molecule has 0 aliphatic carbocycles. The van der Waals surface area contributed by atoms with Crippen LogP contribution < -0.4 is 20.4 Å². The van der Waals surface area contributed by atoms with E-state index in [0.29, 0.717) is 24.4 Å². The molecule has 2 heterocycles. The zero-order valence-corrected chi connectivity index (χ0v) is 21.4. The zero-order chi connectivity index (χ0) is 26.2. The van der Waals surface area contributed by atoms with Crippen molar-refractivity contribution in [3.8, 4) is 5.75 Å². The number of hydrogen-bond acceptors (Lipinski definition) is 6. The van der Waals surface area contributed by atoms with Crippen molar-refractivity contribution in [2.45, 2.75) is 84.1 Å². The predicted octanol–water partition coefficient (Wildman–Crippen LogP) is 3.96. The van der Waals surface area contributed by atoms with Gasteiger partial charge in [-0.25, -0.2) is 4.68 Å². The fourth-order valence-electron chi connectivity index (χ4n) is 3.16. The van der Waals surface area contributed by atoms with Crippen LogP contribution in [0.25, 0.3) is 0 Å². The van der Waals surface area contributed by atoms with E-state index in [0.717, 1.165) is 18.2 Å². The fourth-order valence-corrected chi connectivity index (χ4v) is 4.12. The van der Waals surface area contributed by atoms with Crippen LogP contribution >= 0.6 is 11.3 Å². The Labute approximate surface area is 205 Å². The van der Waals surface area contributed by atoms with Crippen LogP contribution in [-0.2, 0) is 22.9 Å². The Morgan fingerprint density at radius 2 is 1.94 bits per heavy atom. The van der Waals surface area contributed by atoms with E-state index in [1.54, 1.807) is 20.8 Å². The highest BCUT2D eigenvalue weighted by Crippen LogP contribution is 2.33. The molecule has 1 atom stereocenters. The van der Waals surface area contributed by atoms with Gasteiger partial charge < -0.3 is 10.2 Å². The van der Waals surface area contributed by atoms with E-state index in [1.807, 2.05) is 20.8 Å². The van der Waals surface area contributed by atoms with Crippen LogP contribution in [0.1, 0.15) is 75.3 Å². The number of aromatic nitrogens is 2. The third kappa shape index (κ3) is 7.14. The van der Waals surface area contributed by atoms with E-state index >= 15 is 0 Å². The minimum absolute atomic E-state index is 0.0615. The Bertz CT molecular complexity index is 1170. The summed E-state index contributed by atoms with van der Waals surface area (Å²) in [7, 11) is 0. The predicted molar refractivity (Wildman–Crippen MR) is 125 cm³/mol. The second kappa shape index (κ2) is 9.73. The van der Waals surface area contributed by atoms with Crippen molar-refractivity contribution in [1.82, 2.24) is 20.6 Å². The highest BCUT2D eigenvalue weighted by molar-refractivity contribution is 7.09. The highest BCUT2D eigenvalue weighted by atomic mass is 32.1. The topological polar surface area (TPSA) is 97.6 Å². The summed E-state index contributed by atoms with van der Waals surface area (Å²) in [6, 6.07) is 2.51. The second-order valence-corrected chi connectivity index (χ2v) is 11.5. The van der Waals surface area contributed by atoms with Crippen molar-refractivity contribution in [2.75, 3.05) is 0 Å². The molecule has 0 unspecified atom stereocenters. The zero-order valence-electron chi connectivity index (χ0n) is 20.5. The van der Waals surface area contributed by atoms with Crippen molar-refractivity contribution >= 4 is 23.2 Å². The molecule has 1 saturated heterocycles. The van der Waals surface area contributed by atoms with Gasteiger partial charge in [0.2, 0.25) is 10.7 Å². The number of carbonyl (C=O) groups is 2. The van der Waals surface area contributed by atoms with E-state index in [1.165, 1.54) is 16.0 Å². The van der Waals surface area contributed by atoms with Crippen molar-refractivity contribution in [3.05, 3.63) is 39.1 Å². The van der Waals surface area contributed by atoms with E-state index in [4.69, 9.17) is 4.84 Å². The summed E-state index contributed by atoms with van der Waals surface area (Å²) in [5, 5.41) is 8.13. The molecule has 0 spiro atoms. The average Bonchev–Trinajstić information content (AvgIpc) is 3.31. The molecule has 192 valence electrons. The molecule has 35 heavy (non-hydrogen) atoms. The summed E-state index contributed by atoms with van der Waals surface area (Å²) >= 11 is 1.18. The largest absolute Gasteiger partial charge is 0.416 e.